The van der Waals surface area contributed by atoms with Gasteiger partial charge in [-0.1, -0.05) is 12.1 Å². The van der Waals surface area contributed by atoms with Crippen molar-refractivity contribution < 1.29 is 9.53 Å². The van der Waals surface area contributed by atoms with E-state index < -0.39 is 0 Å². The van der Waals surface area contributed by atoms with Gasteiger partial charge in [0, 0.05) is 12.7 Å². The van der Waals surface area contributed by atoms with E-state index in [1.807, 2.05) is 35.2 Å². The van der Waals surface area contributed by atoms with Crippen LogP contribution in [0.5, 0.6) is 5.75 Å². The molecule has 5 heteroatoms. The number of carbonyl (C=O) groups is 1. The number of nitrogens with one attached hydrogen (secondary N) is 1. The summed E-state index contributed by atoms with van der Waals surface area (Å²) in [6.45, 7) is 0.724. The van der Waals surface area contributed by atoms with E-state index in [9.17, 15) is 4.79 Å². The molecule has 2 aromatic rings. The Morgan fingerprint density at radius 3 is 2.95 bits per heavy atom. The Bertz CT molecular complexity index is 714. The minimum Gasteiger partial charge on any atom is -0.497 e. The van der Waals surface area contributed by atoms with Crippen molar-refractivity contribution in [1.29, 1.82) is 5.26 Å². The molecule has 0 saturated carbocycles. The fourth-order valence-corrected chi connectivity index (χ4v) is 2.56. The van der Waals surface area contributed by atoms with Crippen LogP contribution >= 0.6 is 0 Å². The first-order chi connectivity index (χ1) is 10.2. The molecule has 1 atom stereocenters. The Morgan fingerprint density at radius 2 is 2.33 bits per heavy atom. The molecular formula is C16H15N3O2. The highest BCUT2D eigenvalue weighted by atomic mass is 16.5. The van der Waals surface area contributed by atoms with Crippen LogP contribution in [0.1, 0.15) is 34.1 Å². The number of ether oxygens (including phenoxy) is 1. The average Bonchev–Trinajstić information content (AvgIpc) is 2.95. The number of aromatic nitrogens is 1. The van der Waals surface area contributed by atoms with Gasteiger partial charge in [0.1, 0.15) is 17.5 Å². The van der Waals surface area contributed by atoms with Gasteiger partial charge in [0.15, 0.2) is 0 Å². The van der Waals surface area contributed by atoms with Crippen LogP contribution in [-0.2, 0) is 0 Å². The van der Waals surface area contributed by atoms with Crippen LogP contribution in [-0.4, -0.2) is 29.4 Å². The summed E-state index contributed by atoms with van der Waals surface area (Å²) in [5.74, 6) is 0.717. The second-order valence-electron chi connectivity index (χ2n) is 4.99. The van der Waals surface area contributed by atoms with Gasteiger partial charge in [0.05, 0.1) is 18.7 Å². The molecule has 1 unspecified atom stereocenters. The van der Waals surface area contributed by atoms with Crippen LogP contribution in [0, 0.1) is 11.3 Å². The van der Waals surface area contributed by atoms with E-state index in [1.54, 1.807) is 19.4 Å². The zero-order valence-electron chi connectivity index (χ0n) is 11.7. The maximum Gasteiger partial charge on any atom is 0.270 e. The lowest BCUT2D eigenvalue weighted by molar-refractivity contribution is 0.0454. The molecule has 2 heterocycles. The summed E-state index contributed by atoms with van der Waals surface area (Å²) in [5.41, 5.74) is 2.00. The van der Waals surface area contributed by atoms with Gasteiger partial charge in [-0.15, -0.1) is 0 Å². The molecule has 1 fully saturated rings. The van der Waals surface area contributed by atoms with E-state index >= 15 is 0 Å². The number of hydrogen-bond acceptors (Lipinski definition) is 3. The normalized spacial score (nSPS) is 17.0. The zero-order chi connectivity index (χ0) is 14.8. The van der Waals surface area contributed by atoms with E-state index in [0.717, 1.165) is 24.3 Å². The summed E-state index contributed by atoms with van der Waals surface area (Å²) < 4.78 is 5.23. The number of carbonyl (C=O) groups excluding carboxylic acids is 1. The molecular weight excluding hydrogens is 266 g/mol. The Morgan fingerprint density at radius 1 is 1.48 bits per heavy atom. The third kappa shape index (κ3) is 2.36. The molecule has 3 rings (SSSR count). The maximum atomic E-state index is 12.4. The Labute approximate surface area is 122 Å². The van der Waals surface area contributed by atoms with E-state index in [0.29, 0.717) is 11.3 Å². The van der Waals surface area contributed by atoms with Crippen LogP contribution < -0.4 is 4.74 Å². The van der Waals surface area contributed by atoms with Crippen molar-refractivity contribution in [2.75, 3.05) is 13.7 Å². The molecule has 21 heavy (non-hydrogen) atoms. The predicted molar refractivity (Wildman–Crippen MR) is 76.9 cm³/mol. The summed E-state index contributed by atoms with van der Waals surface area (Å²) in [4.78, 5) is 17.1. The lowest BCUT2D eigenvalue weighted by Gasteiger charge is -2.41. The second kappa shape index (κ2) is 5.33. The van der Waals surface area contributed by atoms with Gasteiger partial charge in [-0.3, -0.25) is 4.79 Å². The lowest BCUT2D eigenvalue weighted by atomic mass is 9.94. The van der Waals surface area contributed by atoms with Crippen LogP contribution in [0.3, 0.4) is 0 Å². The molecule has 1 aliphatic heterocycles. The third-order valence-corrected chi connectivity index (χ3v) is 3.80. The summed E-state index contributed by atoms with van der Waals surface area (Å²) in [6.07, 6.45) is 2.48. The van der Waals surface area contributed by atoms with Gasteiger partial charge in [0.25, 0.3) is 5.91 Å². The number of aromatic amines is 1. The molecule has 1 aromatic heterocycles. The number of H-pyrrole nitrogens is 1. The minimum atomic E-state index is -0.0735. The molecule has 1 aromatic carbocycles. The average molecular weight is 281 g/mol. The summed E-state index contributed by atoms with van der Waals surface area (Å²) in [7, 11) is 1.63. The Kier molecular flexibility index (Phi) is 3.36. The molecule has 0 aliphatic carbocycles. The smallest absolute Gasteiger partial charge is 0.270 e. The van der Waals surface area contributed by atoms with Gasteiger partial charge < -0.3 is 14.6 Å². The molecule has 0 bridgehead atoms. The fraction of sp³-hybridized carbons (Fsp3) is 0.250. The molecule has 5 nitrogen and oxygen atoms in total. The monoisotopic (exact) mass is 281 g/mol. The van der Waals surface area contributed by atoms with Crippen molar-refractivity contribution in [3.8, 4) is 11.8 Å². The predicted octanol–water partition coefficient (Wildman–Crippen LogP) is 2.48. The van der Waals surface area contributed by atoms with Gasteiger partial charge in [0.2, 0.25) is 0 Å². The van der Waals surface area contributed by atoms with Crippen molar-refractivity contribution in [3.63, 3.8) is 0 Å². The fourth-order valence-electron chi connectivity index (χ4n) is 2.56. The molecule has 1 saturated heterocycles. The van der Waals surface area contributed by atoms with Crippen LogP contribution in [0.2, 0.25) is 0 Å². The standard InChI is InChI=1S/C16H15N3O2/c1-21-13-4-2-3-12(8-13)15-5-6-19(15)16(20)14-7-11(9-17)10-18-14/h2-4,7-8,10,15,18H,5-6H2,1H3. The number of rotatable bonds is 3. The van der Waals surface area contributed by atoms with Crippen LogP contribution in [0.4, 0.5) is 0 Å². The van der Waals surface area contributed by atoms with E-state index in [-0.39, 0.29) is 11.9 Å². The van der Waals surface area contributed by atoms with Gasteiger partial charge in [-0.2, -0.15) is 5.26 Å². The van der Waals surface area contributed by atoms with Crippen molar-refractivity contribution in [2.45, 2.75) is 12.5 Å². The Hall–Kier alpha value is -2.74. The van der Waals surface area contributed by atoms with Crippen molar-refractivity contribution in [2.24, 2.45) is 0 Å². The van der Waals surface area contributed by atoms with Gasteiger partial charge in [-0.25, -0.2) is 0 Å². The summed E-state index contributed by atoms with van der Waals surface area (Å²) in [5, 5.41) is 8.82. The number of amides is 1. The first-order valence-electron chi connectivity index (χ1n) is 6.76. The first kappa shape index (κ1) is 13.3. The highest BCUT2D eigenvalue weighted by molar-refractivity contribution is 5.93. The number of benzene rings is 1. The van der Waals surface area contributed by atoms with Crippen molar-refractivity contribution in [3.05, 3.63) is 53.3 Å². The van der Waals surface area contributed by atoms with Crippen LogP contribution in [0.15, 0.2) is 36.5 Å². The Balaban J connectivity index is 1.80. The second-order valence-corrected chi connectivity index (χ2v) is 4.99. The molecule has 106 valence electrons. The summed E-state index contributed by atoms with van der Waals surface area (Å²) in [6, 6.07) is 11.4. The molecule has 1 amide bonds. The molecule has 1 aliphatic rings. The number of likely N-dealkylation sites (tertiary alicyclic amines) is 1. The highest BCUT2D eigenvalue weighted by Gasteiger charge is 2.34. The van der Waals surface area contributed by atoms with Gasteiger partial charge in [-0.05, 0) is 30.2 Å². The largest absolute Gasteiger partial charge is 0.497 e. The topological polar surface area (TPSA) is 69.1 Å². The minimum absolute atomic E-state index is 0.0708. The van der Waals surface area contributed by atoms with E-state index in [1.165, 1.54) is 0 Å². The quantitative estimate of drug-likeness (QED) is 0.939. The van der Waals surface area contributed by atoms with E-state index in [4.69, 9.17) is 10.00 Å². The highest BCUT2D eigenvalue weighted by Crippen LogP contribution is 2.35. The number of methoxy groups -OCH3 is 1. The van der Waals surface area contributed by atoms with Crippen LogP contribution in [0.25, 0.3) is 0 Å². The lowest BCUT2D eigenvalue weighted by Crippen LogP contribution is -2.45. The third-order valence-electron chi connectivity index (χ3n) is 3.80. The number of hydrogen-bond donors (Lipinski definition) is 1. The molecule has 0 spiro atoms. The van der Waals surface area contributed by atoms with Crippen molar-refractivity contribution >= 4 is 5.91 Å². The number of nitrogens with zero attached hydrogens (tertiary/aromatic N) is 2. The van der Waals surface area contributed by atoms with Crippen molar-refractivity contribution in [1.82, 2.24) is 9.88 Å². The summed E-state index contributed by atoms with van der Waals surface area (Å²) >= 11 is 0. The molecule has 0 radical (unpaired) electrons. The SMILES string of the molecule is COc1cccc(C2CCN2C(=O)c2cc(C#N)c[nH]2)c1. The van der Waals surface area contributed by atoms with Gasteiger partial charge >= 0.3 is 0 Å². The molecule has 1 N–H and O–H groups in total. The van der Waals surface area contributed by atoms with E-state index in [2.05, 4.69) is 4.98 Å². The first-order valence-corrected chi connectivity index (χ1v) is 6.76. The maximum absolute atomic E-state index is 12.4. The zero-order valence-corrected chi connectivity index (χ0v) is 11.7. The number of nitriles is 1.